The van der Waals surface area contributed by atoms with Gasteiger partial charge in [-0.2, -0.15) is 11.8 Å². The molecule has 1 aromatic carbocycles. The van der Waals surface area contributed by atoms with Crippen molar-refractivity contribution in [3.8, 4) is 0 Å². The number of benzene rings is 1. The van der Waals surface area contributed by atoms with E-state index in [4.69, 9.17) is 21.8 Å². The lowest BCUT2D eigenvalue weighted by atomic mass is 9.95. The first kappa shape index (κ1) is 12.4. The Balaban J connectivity index is 1.98. The molecule has 0 saturated carbocycles. The van der Waals surface area contributed by atoms with E-state index >= 15 is 0 Å². The van der Waals surface area contributed by atoms with Gasteiger partial charge in [-0.3, -0.25) is 0 Å². The summed E-state index contributed by atoms with van der Waals surface area (Å²) in [6, 6.07) is 7.62. The molecule has 2 N–H and O–H groups in total. The Labute approximate surface area is 116 Å². The molecular weight excluding hydrogens is 266 g/mol. The summed E-state index contributed by atoms with van der Waals surface area (Å²) in [5.41, 5.74) is 7.25. The minimum atomic E-state index is -0.0591. The molecular formula is C14H16ClNOS. The third kappa shape index (κ3) is 2.04. The molecule has 1 saturated heterocycles. The smallest absolute Gasteiger partial charge is 0.134 e. The van der Waals surface area contributed by atoms with Crippen molar-refractivity contribution in [1.82, 2.24) is 0 Å². The maximum atomic E-state index is 6.39. The molecule has 0 amide bonds. The monoisotopic (exact) mass is 281 g/mol. The highest BCUT2D eigenvalue weighted by atomic mass is 35.5. The fourth-order valence-electron chi connectivity index (χ4n) is 2.53. The quantitative estimate of drug-likeness (QED) is 0.888. The van der Waals surface area contributed by atoms with Gasteiger partial charge >= 0.3 is 0 Å². The predicted octanol–water partition coefficient (Wildman–Crippen LogP) is 4.37. The number of halogens is 1. The summed E-state index contributed by atoms with van der Waals surface area (Å²) in [6.07, 6.45) is 2.39. The standard InChI is InChI=1S/C14H16ClNOS/c1-14(5-2-6-18-14)13(16)12-8-9-7-10(15)3-4-11(9)17-12/h3-4,7-8,13H,2,5-6,16H2,1H3. The van der Waals surface area contributed by atoms with E-state index in [1.54, 1.807) is 0 Å². The first-order valence-corrected chi connectivity index (χ1v) is 7.53. The summed E-state index contributed by atoms with van der Waals surface area (Å²) >= 11 is 7.93. The zero-order chi connectivity index (χ0) is 12.8. The number of nitrogens with two attached hydrogens (primary N) is 1. The average molecular weight is 282 g/mol. The minimum absolute atomic E-state index is 0.0591. The van der Waals surface area contributed by atoms with Gasteiger partial charge in [-0.25, -0.2) is 0 Å². The molecule has 96 valence electrons. The minimum Gasteiger partial charge on any atom is -0.459 e. The fraction of sp³-hybridized carbons (Fsp3) is 0.429. The Hall–Kier alpha value is -0.640. The number of thioether (sulfide) groups is 1. The van der Waals surface area contributed by atoms with Crippen molar-refractivity contribution in [3.63, 3.8) is 0 Å². The van der Waals surface area contributed by atoms with Crippen molar-refractivity contribution in [2.75, 3.05) is 5.75 Å². The van der Waals surface area contributed by atoms with Crippen LogP contribution in [-0.2, 0) is 0 Å². The van der Waals surface area contributed by atoms with Gasteiger partial charge in [0.25, 0.3) is 0 Å². The van der Waals surface area contributed by atoms with Gasteiger partial charge in [0.05, 0.1) is 6.04 Å². The van der Waals surface area contributed by atoms with Crippen molar-refractivity contribution in [1.29, 1.82) is 0 Å². The highest BCUT2D eigenvalue weighted by Gasteiger charge is 2.38. The number of hydrogen-bond donors (Lipinski definition) is 1. The third-order valence-corrected chi connectivity index (χ3v) is 5.56. The van der Waals surface area contributed by atoms with Crippen LogP contribution in [0.4, 0.5) is 0 Å². The van der Waals surface area contributed by atoms with Gasteiger partial charge in [-0.15, -0.1) is 0 Å². The molecule has 0 radical (unpaired) electrons. The van der Waals surface area contributed by atoms with Crippen molar-refractivity contribution < 1.29 is 4.42 Å². The Kier molecular flexibility index (Phi) is 3.08. The number of fused-ring (bicyclic) bond motifs is 1. The number of rotatable bonds is 2. The first-order chi connectivity index (χ1) is 8.58. The molecule has 1 aliphatic rings. The zero-order valence-electron chi connectivity index (χ0n) is 10.3. The second-order valence-electron chi connectivity index (χ2n) is 5.07. The lowest BCUT2D eigenvalue weighted by Gasteiger charge is -2.28. The van der Waals surface area contributed by atoms with Crippen LogP contribution >= 0.6 is 23.4 Å². The van der Waals surface area contributed by atoms with E-state index in [0.717, 1.165) is 28.2 Å². The van der Waals surface area contributed by atoms with Crippen LogP contribution < -0.4 is 5.73 Å². The van der Waals surface area contributed by atoms with Gasteiger partial charge in [0.1, 0.15) is 11.3 Å². The van der Waals surface area contributed by atoms with E-state index < -0.39 is 0 Å². The summed E-state index contributed by atoms with van der Waals surface area (Å²) < 4.78 is 5.96. The molecule has 2 heterocycles. The summed E-state index contributed by atoms with van der Waals surface area (Å²) in [7, 11) is 0. The van der Waals surface area contributed by atoms with Crippen LogP contribution in [0.3, 0.4) is 0 Å². The van der Waals surface area contributed by atoms with Crippen molar-refractivity contribution in [2.45, 2.75) is 30.6 Å². The molecule has 18 heavy (non-hydrogen) atoms. The van der Waals surface area contributed by atoms with Crippen LogP contribution in [0, 0.1) is 0 Å². The Bertz CT molecular complexity index is 574. The van der Waals surface area contributed by atoms with Crippen LogP contribution in [0.15, 0.2) is 28.7 Å². The first-order valence-electron chi connectivity index (χ1n) is 6.17. The SMILES string of the molecule is CC1(C(N)c2cc3cc(Cl)ccc3o2)CCCS1. The van der Waals surface area contributed by atoms with Crippen molar-refractivity contribution >= 4 is 34.3 Å². The topological polar surface area (TPSA) is 39.2 Å². The lowest BCUT2D eigenvalue weighted by Crippen LogP contribution is -2.32. The van der Waals surface area contributed by atoms with Gasteiger partial charge in [0.15, 0.2) is 0 Å². The maximum absolute atomic E-state index is 6.39. The van der Waals surface area contributed by atoms with E-state index in [1.165, 1.54) is 12.2 Å². The Morgan fingerprint density at radius 2 is 2.28 bits per heavy atom. The molecule has 2 nitrogen and oxygen atoms in total. The molecule has 4 heteroatoms. The Morgan fingerprint density at radius 3 is 3.00 bits per heavy atom. The molecule has 0 bridgehead atoms. The van der Waals surface area contributed by atoms with Crippen molar-refractivity contribution in [2.24, 2.45) is 5.73 Å². The molecule has 1 aliphatic heterocycles. The lowest BCUT2D eigenvalue weighted by molar-refractivity contribution is 0.418. The largest absolute Gasteiger partial charge is 0.459 e. The van der Waals surface area contributed by atoms with Gasteiger partial charge < -0.3 is 10.2 Å². The third-order valence-electron chi connectivity index (χ3n) is 3.71. The van der Waals surface area contributed by atoms with E-state index in [9.17, 15) is 0 Å². The second kappa shape index (κ2) is 4.48. The number of hydrogen-bond acceptors (Lipinski definition) is 3. The predicted molar refractivity (Wildman–Crippen MR) is 78.2 cm³/mol. The van der Waals surface area contributed by atoms with Crippen LogP contribution in [0.5, 0.6) is 0 Å². The van der Waals surface area contributed by atoms with Gasteiger partial charge in [-0.1, -0.05) is 11.6 Å². The second-order valence-corrected chi connectivity index (χ2v) is 7.14. The molecule has 3 rings (SSSR count). The average Bonchev–Trinajstić information content (AvgIpc) is 2.94. The van der Waals surface area contributed by atoms with Gasteiger partial charge in [-0.05, 0) is 49.8 Å². The molecule has 2 unspecified atom stereocenters. The van der Waals surface area contributed by atoms with Crippen LogP contribution in [0.2, 0.25) is 5.02 Å². The summed E-state index contributed by atoms with van der Waals surface area (Å²) in [6.45, 7) is 2.23. The molecule has 2 atom stereocenters. The maximum Gasteiger partial charge on any atom is 0.134 e. The zero-order valence-corrected chi connectivity index (χ0v) is 11.9. The highest BCUT2D eigenvalue weighted by molar-refractivity contribution is 8.00. The molecule has 0 aliphatic carbocycles. The molecule has 0 spiro atoms. The summed E-state index contributed by atoms with van der Waals surface area (Å²) in [4.78, 5) is 0. The molecule has 1 fully saturated rings. The van der Waals surface area contributed by atoms with E-state index in [0.29, 0.717) is 0 Å². The van der Waals surface area contributed by atoms with Gasteiger partial charge in [0.2, 0.25) is 0 Å². The van der Waals surface area contributed by atoms with Crippen LogP contribution in [-0.4, -0.2) is 10.5 Å². The van der Waals surface area contributed by atoms with Crippen LogP contribution in [0.25, 0.3) is 11.0 Å². The van der Waals surface area contributed by atoms with Crippen LogP contribution in [0.1, 0.15) is 31.6 Å². The molecule has 2 aromatic rings. The summed E-state index contributed by atoms with van der Waals surface area (Å²) in [5, 5.41) is 1.75. The van der Waals surface area contributed by atoms with Gasteiger partial charge in [0, 0.05) is 15.2 Å². The highest BCUT2D eigenvalue weighted by Crippen LogP contribution is 2.46. The number of furan rings is 1. The fourth-order valence-corrected chi connectivity index (χ4v) is 4.05. The van der Waals surface area contributed by atoms with Crippen molar-refractivity contribution in [3.05, 3.63) is 35.0 Å². The summed E-state index contributed by atoms with van der Waals surface area (Å²) in [5.74, 6) is 2.06. The van der Waals surface area contributed by atoms with E-state index in [2.05, 4.69) is 6.92 Å². The molecule has 1 aromatic heterocycles. The van der Waals surface area contributed by atoms with E-state index in [1.807, 2.05) is 36.0 Å². The Morgan fingerprint density at radius 1 is 1.44 bits per heavy atom. The van der Waals surface area contributed by atoms with E-state index in [-0.39, 0.29) is 10.8 Å². The normalized spacial score (nSPS) is 25.7.